The summed E-state index contributed by atoms with van der Waals surface area (Å²) >= 11 is 11.9. The standard InChI is InChI=1S/C40H80N2S6/c1-9-13-25-35(5)31-41(32-36(6)26-14-10-2)39(43)47-45-29-23-21-19-17-18-20-22-24-30-46-48-40(44)42(33-37(7)27-15-11-3)34-38(8)28-16-12-4/h35-38H,9-34H2,1-8H3. The minimum atomic E-state index is 0.724. The number of hydrogen-bond acceptors (Lipinski definition) is 6. The van der Waals surface area contributed by atoms with Gasteiger partial charge in [-0.3, -0.25) is 0 Å². The maximum Gasteiger partial charge on any atom is 0.147 e. The molecule has 0 aromatic carbocycles. The van der Waals surface area contributed by atoms with Crippen molar-refractivity contribution in [3.8, 4) is 0 Å². The molecular formula is C40H80N2S6. The van der Waals surface area contributed by atoms with Crippen molar-refractivity contribution >= 4 is 76.3 Å². The summed E-state index contributed by atoms with van der Waals surface area (Å²) in [4.78, 5) is 5.08. The van der Waals surface area contributed by atoms with Gasteiger partial charge in [-0.2, -0.15) is 0 Å². The van der Waals surface area contributed by atoms with Gasteiger partial charge >= 0.3 is 0 Å². The highest BCUT2D eigenvalue weighted by molar-refractivity contribution is 8.84. The Morgan fingerprint density at radius 3 is 0.917 bits per heavy atom. The van der Waals surface area contributed by atoms with E-state index in [1.807, 2.05) is 43.2 Å². The minimum absolute atomic E-state index is 0.724. The van der Waals surface area contributed by atoms with E-state index in [2.05, 4.69) is 65.2 Å². The summed E-state index contributed by atoms with van der Waals surface area (Å²) in [6.07, 6.45) is 26.7. The van der Waals surface area contributed by atoms with Gasteiger partial charge in [-0.1, -0.05) is 191 Å². The molecular weight excluding hydrogens is 701 g/mol. The van der Waals surface area contributed by atoms with Gasteiger partial charge in [0.05, 0.1) is 0 Å². The van der Waals surface area contributed by atoms with Crippen molar-refractivity contribution in [1.29, 1.82) is 0 Å². The van der Waals surface area contributed by atoms with Crippen LogP contribution in [0.2, 0.25) is 0 Å². The molecule has 0 heterocycles. The topological polar surface area (TPSA) is 6.48 Å². The highest BCUT2D eigenvalue weighted by Gasteiger charge is 2.18. The molecule has 4 unspecified atom stereocenters. The normalized spacial score (nSPS) is 14.1. The van der Waals surface area contributed by atoms with Gasteiger partial charge in [0.1, 0.15) is 8.64 Å². The number of hydrogen-bond donors (Lipinski definition) is 0. The highest BCUT2D eigenvalue weighted by Crippen LogP contribution is 2.30. The van der Waals surface area contributed by atoms with Crippen LogP contribution in [0.25, 0.3) is 0 Å². The lowest BCUT2D eigenvalue weighted by molar-refractivity contribution is 0.296. The molecule has 0 radical (unpaired) electrons. The Balaban J connectivity index is 4.11. The number of nitrogens with zero attached hydrogens (tertiary/aromatic N) is 2. The van der Waals surface area contributed by atoms with E-state index in [0.29, 0.717) is 0 Å². The monoisotopic (exact) mass is 780 g/mol. The molecule has 0 N–H and O–H groups in total. The third kappa shape index (κ3) is 29.7. The predicted octanol–water partition coefficient (Wildman–Crippen LogP) is 15.3. The molecule has 0 aliphatic rings. The summed E-state index contributed by atoms with van der Waals surface area (Å²) in [6, 6.07) is 0. The van der Waals surface area contributed by atoms with Crippen LogP contribution in [-0.4, -0.2) is 56.1 Å². The van der Waals surface area contributed by atoms with Crippen LogP contribution in [0.3, 0.4) is 0 Å². The molecule has 0 aromatic rings. The van der Waals surface area contributed by atoms with Crippen molar-refractivity contribution in [2.75, 3.05) is 37.7 Å². The van der Waals surface area contributed by atoms with E-state index in [1.54, 1.807) is 0 Å². The molecule has 0 bridgehead atoms. The van der Waals surface area contributed by atoms with Gasteiger partial charge in [-0.25, -0.2) is 0 Å². The van der Waals surface area contributed by atoms with Crippen molar-refractivity contribution in [3.63, 3.8) is 0 Å². The van der Waals surface area contributed by atoms with Crippen LogP contribution < -0.4 is 0 Å². The van der Waals surface area contributed by atoms with Gasteiger partial charge in [0, 0.05) is 37.7 Å². The smallest absolute Gasteiger partial charge is 0.147 e. The molecule has 2 nitrogen and oxygen atoms in total. The second kappa shape index (κ2) is 35.2. The molecule has 8 heteroatoms. The zero-order valence-corrected chi connectivity index (χ0v) is 37.9. The van der Waals surface area contributed by atoms with Crippen molar-refractivity contribution < 1.29 is 0 Å². The molecule has 0 aliphatic heterocycles. The predicted molar refractivity (Wildman–Crippen MR) is 240 cm³/mol. The maximum absolute atomic E-state index is 5.96. The van der Waals surface area contributed by atoms with E-state index in [-0.39, 0.29) is 0 Å². The first-order chi connectivity index (χ1) is 23.2. The summed E-state index contributed by atoms with van der Waals surface area (Å²) in [7, 11) is 7.72. The fourth-order valence-corrected chi connectivity index (χ4v) is 11.3. The Hall–Kier alpha value is 1.18. The first-order valence-electron chi connectivity index (χ1n) is 20.3. The van der Waals surface area contributed by atoms with Crippen LogP contribution in [-0.2, 0) is 0 Å². The molecule has 0 saturated heterocycles. The van der Waals surface area contributed by atoms with Crippen molar-refractivity contribution in [2.24, 2.45) is 23.7 Å². The fraction of sp³-hybridized carbons (Fsp3) is 0.950. The highest BCUT2D eigenvalue weighted by atomic mass is 33.1. The summed E-state index contributed by atoms with van der Waals surface area (Å²) < 4.78 is 2.24. The fourth-order valence-electron chi connectivity index (χ4n) is 6.20. The third-order valence-corrected chi connectivity index (χ3v) is 15.6. The van der Waals surface area contributed by atoms with Crippen LogP contribution >= 0.6 is 67.6 Å². The lowest BCUT2D eigenvalue weighted by Crippen LogP contribution is -2.35. The third-order valence-electron chi connectivity index (χ3n) is 9.31. The zero-order chi connectivity index (χ0) is 35.8. The maximum atomic E-state index is 5.96. The van der Waals surface area contributed by atoms with Crippen LogP contribution in [0, 0.1) is 23.7 Å². The van der Waals surface area contributed by atoms with E-state index < -0.39 is 0 Å². The van der Waals surface area contributed by atoms with Crippen LogP contribution in [0.1, 0.15) is 184 Å². The quantitative estimate of drug-likeness (QED) is 0.0364. The van der Waals surface area contributed by atoms with Crippen LogP contribution in [0.4, 0.5) is 0 Å². The summed E-state index contributed by atoms with van der Waals surface area (Å²) in [6.45, 7) is 23.4. The van der Waals surface area contributed by atoms with Crippen LogP contribution in [0.15, 0.2) is 0 Å². The SMILES string of the molecule is CCCCC(C)CN(CC(C)CCCC)C(=S)SSCCCCCCCCCCSSC(=S)N(CC(C)CCCC)CC(C)CCCC. The second-order valence-corrected chi connectivity index (χ2v) is 21.1. The first kappa shape index (κ1) is 49.2. The molecule has 0 fully saturated rings. The molecule has 0 rings (SSSR count). The van der Waals surface area contributed by atoms with Gasteiger partial charge < -0.3 is 9.80 Å². The molecule has 0 aliphatic carbocycles. The van der Waals surface area contributed by atoms with Gasteiger partial charge in [0.25, 0.3) is 0 Å². The van der Waals surface area contributed by atoms with E-state index in [1.165, 1.54) is 140 Å². The molecule has 0 spiro atoms. The van der Waals surface area contributed by atoms with E-state index >= 15 is 0 Å². The second-order valence-electron chi connectivity index (χ2n) is 15.0. The Bertz CT molecular complexity index is 647. The van der Waals surface area contributed by atoms with Gasteiger partial charge in [-0.15, -0.1) is 0 Å². The zero-order valence-electron chi connectivity index (χ0n) is 33.0. The molecule has 0 aromatic heterocycles. The number of rotatable bonds is 33. The summed E-state index contributed by atoms with van der Waals surface area (Å²) in [5.41, 5.74) is 0. The largest absolute Gasteiger partial charge is 0.356 e. The number of unbranched alkanes of at least 4 members (excludes halogenated alkanes) is 11. The Morgan fingerprint density at radius 2 is 0.667 bits per heavy atom. The lowest BCUT2D eigenvalue weighted by atomic mass is 10.0. The Kier molecular flexibility index (Phi) is 36.1. The average Bonchev–Trinajstić information content (AvgIpc) is 3.07. The van der Waals surface area contributed by atoms with E-state index in [9.17, 15) is 0 Å². The molecule has 286 valence electrons. The molecule has 0 saturated carbocycles. The first-order valence-corrected chi connectivity index (χ1v) is 25.8. The number of thiocarbonyl (C=S) groups is 2. The molecule has 0 amide bonds. The Labute approximate surface area is 329 Å². The van der Waals surface area contributed by atoms with Gasteiger partial charge in [-0.05, 0) is 83.8 Å². The molecule has 48 heavy (non-hydrogen) atoms. The lowest BCUT2D eigenvalue weighted by Gasteiger charge is -2.30. The molecule has 4 atom stereocenters. The van der Waals surface area contributed by atoms with Gasteiger partial charge in [0.15, 0.2) is 0 Å². The van der Waals surface area contributed by atoms with Crippen molar-refractivity contribution in [1.82, 2.24) is 9.80 Å². The van der Waals surface area contributed by atoms with E-state index in [4.69, 9.17) is 24.4 Å². The summed E-state index contributed by atoms with van der Waals surface area (Å²) in [5, 5.41) is 0. The van der Waals surface area contributed by atoms with E-state index in [0.717, 1.165) is 58.5 Å². The summed E-state index contributed by atoms with van der Waals surface area (Å²) in [5.74, 6) is 5.34. The average molecular weight is 781 g/mol. The minimum Gasteiger partial charge on any atom is -0.356 e. The van der Waals surface area contributed by atoms with Crippen molar-refractivity contribution in [2.45, 2.75) is 184 Å². The van der Waals surface area contributed by atoms with Crippen molar-refractivity contribution in [3.05, 3.63) is 0 Å². The Morgan fingerprint density at radius 1 is 0.417 bits per heavy atom. The van der Waals surface area contributed by atoms with Crippen LogP contribution in [0.5, 0.6) is 0 Å². The van der Waals surface area contributed by atoms with Gasteiger partial charge in [0.2, 0.25) is 0 Å².